The molecule has 0 atom stereocenters. The largest absolute Gasteiger partial charge is 0.493 e. The van der Waals surface area contributed by atoms with Crippen molar-refractivity contribution in [2.24, 2.45) is 0 Å². The molecule has 116 valence electrons. The van der Waals surface area contributed by atoms with Gasteiger partial charge in [-0.3, -0.25) is 5.32 Å². The molecule has 0 unspecified atom stereocenters. The van der Waals surface area contributed by atoms with Crippen LogP contribution in [0.3, 0.4) is 0 Å². The molecule has 2 N–H and O–H groups in total. The molecule has 1 heterocycles. The van der Waals surface area contributed by atoms with Crippen molar-refractivity contribution in [1.29, 1.82) is 0 Å². The highest BCUT2D eigenvalue weighted by Crippen LogP contribution is 2.39. The first kappa shape index (κ1) is 15.4. The Balaban J connectivity index is 2.17. The molecule has 0 aliphatic carbocycles. The van der Waals surface area contributed by atoms with E-state index < -0.39 is 6.03 Å². The van der Waals surface area contributed by atoms with Gasteiger partial charge in [-0.05, 0) is 12.1 Å². The minimum Gasteiger partial charge on any atom is -0.493 e. The van der Waals surface area contributed by atoms with Gasteiger partial charge in [-0.2, -0.15) is 0 Å². The van der Waals surface area contributed by atoms with Gasteiger partial charge in [0.2, 0.25) is 5.75 Å². The van der Waals surface area contributed by atoms with Gasteiger partial charge in [0.15, 0.2) is 11.5 Å². The first-order valence-corrected chi connectivity index (χ1v) is 6.47. The quantitative estimate of drug-likeness (QED) is 0.887. The Labute approximate surface area is 128 Å². The predicted octanol–water partition coefficient (Wildman–Crippen LogP) is 2.75. The summed E-state index contributed by atoms with van der Waals surface area (Å²) in [4.78, 5) is 16.0. The van der Waals surface area contributed by atoms with Crippen LogP contribution in [0.2, 0.25) is 0 Å². The van der Waals surface area contributed by atoms with E-state index in [0.29, 0.717) is 28.8 Å². The smallest absolute Gasteiger partial charge is 0.324 e. The van der Waals surface area contributed by atoms with Gasteiger partial charge in [-0.15, -0.1) is 0 Å². The van der Waals surface area contributed by atoms with Gasteiger partial charge < -0.3 is 19.5 Å². The van der Waals surface area contributed by atoms with Crippen LogP contribution in [-0.2, 0) is 0 Å². The number of nitrogens with one attached hydrogen (secondary N) is 2. The predicted molar refractivity (Wildman–Crippen MR) is 83.0 cm³/mol. The number of amides is 2. The number of methoxy groups -OCH3 is 3. The SMILES string of the molecule is COc1cc(NC(=O)Nc2ccccn2)cc(OC)c1OC. The molecule has 0 aliphatic heterocycles. The summed E-state index contributed by atoms with van der Waals surface area (Å²) >= 11 is 0. The first-order valence-electron chi connectivity index (χ1n) is 6.47. The van der Waals surface area contributed by atoms with E-state index in [4.69, 9.17) is 14.2 Å². The van der Waals surface area contributed by atoms with E-state index in [2.05, 4.69) is 15.6 Å². The molecule has 7 nitrogen and oxygen atoms in total. The molecule has 7 heteroatoms. The number of hydrogen-bond donors (Lipinski definition) is 2. The zero-order chi connectivity index (χ0) is 15.9. The third-order valence-corrected chi connectivity index (χ3v) is 2.83. The molecule has 0 fully saturated rings. The number of anilines is 2. The minimum absolute atomic E-state index is 0.423. The van der Waals surface area contributed by atoms with Crippen LogP contribution in [0.1, 0.15) is 0 Å². The number of pyridine rings is 1. The summed E-state index contributed by atoms with van der Waals surface area (Å²) in [5, 5.41) is 5.31. The highest BCUT2D eigenvalue weighted by Gasteiger charge is 2.14. The van der Waals surface area contributed by atoms with Crippen LogP contribution in [0.25, 0.3) is 0 Å². The topological polar surface area (TPSA) is 81.7 Å². The molecule has 0 spiro atoms. The fourth-order valence-corrected chi connectivity index (χ4v) is 1.87. The Bertz CT molecular complexity index is 621. The zero-order valence-corrected chi connectivity index (χ0v) is 12.5. The summed E-state index contributed by atoms with van der Waals surface area (Å²) in [6.45, 7) is 0. The second kappa shape index (κ2) is 7.16. The van der Waals surface area contributed by atoms with Crippen LogP contribution in [-0.4, -0.2) is 32.3 Å². The van der Waals surface area contributed by atoms with Crippen LogP contribution in [0.15, 0.2) is 36.5 Å². The van der Waals surface area contributed by atoms with Crippen molar-refractivity contribution in [2.45, 2.75) is 0 Å². The van der Waals surface area contributed by atoms with Gasteiger partial charge in [0.25, 0.3) is 0 Å². The van der Waals surface area contributed by atoms with Crippen LogP contribution in [0.4, 0.5) is 16.3 Å². The Kier molecular flexibility index (Phi) is 5.02. The van der Waals surface area contributed by atoms with Crippen LogP contribution in [0.5, 0.6) is 17.2 Å². The Morgan fingerprint density at radius 2 is 1.68 bits per heavy atom. The maximum Gasteiger partial charge on any atom is 0.324 e. The monoisotopic (exact) mass is 303 g/mol. The molecule has 1 aromatic heterocycles. The molecule has 0 bridgehead atoms. The number of hydrogen-bond acceptors (Lipinski definition) is 5. The average Bonchev–Trinajstić information content (AvgIpc) is 2.54. The second-order valence-electron chi connectivity index (χ2n) is 4.21. The molecular weight excluding hydrogens is 286 g/mol. The minimum atomic E-state index is -0.423. The summed E-state index contributed by atoms with van der Waals surface area (Å²) in [6, 6.07) is 8.09. The van der Waals surface area contributed by atoms with Gasteiger partial charge in [0.1, 0.15) is 5.82 Å². The van der Waals surface area contributed by atoms with Gasteiger partial charge >= 0.3 is 6.03 Å². The molecule has 2 amide bonds. The molecular formula is C15H17N3O4. The normalized spacial score (nSPS) is 9.77. The van der Waals surface area contributed by atoms with E-state index in [1.54, 1.807) is 36.5 Å². The van der Waals surface area contributed by atoms with Gasteiger partial charge in [0, 0.05) is 18.3 Å². The average molecular weight is 303 g/mol. The molecule has 0 saturated carbocycles. The van der Waals surface area contributed by atoms with E-state index in [0.717, 1.165) is 0 Å². The third kappa shape index (κ3) is 3.57. The van der Waals surface area contributed by atoms with E-state index in [-0.39, 0.29) is 0 Å². The second-order valence-corrected chi connectivity index (χ2v) is 4.21. The lowest BCUT2D eigenvalue weighted by Gasteiger charge is -2.14. The highest BCUT2D eigenvalue weighted by molar-refractivity contribution is 5.99. The van der Waals surface area contributed by atoms with Crippen LogP contribution >= 0.6 is 0 Å². The van der Waals surface area contributed by atoms with Crippen molar-refractivity contribution < 1.29 is 19.0 Å². The number of nitrogens with zero attached hydrogens (tertiary/aromatic N) is 1. The standard InChI is InChI=1S/C15H17N3O4/c1-20-11-8-10(9-12(21-2)14(11)22-3)17-15(19)18-13-6-4-5-7-16-13/h4-9H,1-3H3,(H2,16,17,18,19). The summed E-state index contributed by atoms with van der Waals surface area (Å²) < 4.78 is 15.7. The summed E-state index contributed by atoms with van der Waals surface area (Å²) in [7, 11) is 4.53. The number of benzene rings is 1. The van der Waals surface area contributed by atoms with E-state index >= 15 is 0 Å². The van der Waals surface area contributed by atoms with Crippen molar-refractivity contribution in [1.82, 2.24) is 4.98 Å². The fraction of sp³-hybridized carbons (Fsp3) is 0.200. The van der Waals surface area contributed by atoms with Gasteiger partial charge in [-0.1, -0.05) is 6.07 Å². The fourth-order valence-electron chi connectivity index (χ4n) is 1.87. The van der Waals surface area contributed by atoms with E-state index in [1.807, 2.05) is 0 Å². The summed E-state index contributed by atoms with van der Waals surface area (Å²) in [5.74, 6) is 1.82. The van der Waals surface area contributed by atoms with Crippen molar-refractivity contribution in [3.63, 3.8) is 0 Å². The Hall–Kier alpha value is -2.96. The number of aromatic nitrogens is 1. The van der Waals surface area contributed by atoms with Gasteiger partial charge in [0.05, 0.1) is 27.0 Å². The lowest BCUT2D eigenvalue weighted by atomic mass is 10.2. The highest BCUT2D eigenvalue weighted by atomic mass is 16.5. The number of urea groups is 1. The molecule has 0 aliphatic rings. The Morgan fingerprint density at radius 3 is 2.18 bits per heavy atom. The number of carbonyl (C=O) groups is 1. The number of ether oxygens (including phenoxy) is 3. The Morgan fingerprint density at radius 1 is 1.00 bits per heavy atom. The van der Waals surface area contributed by atoms with Crippen LogP contribution < -0.4 is 24.8 Å². The maximum atomic E-state index is 12.0. The lowest BCUT2D eigenvalue weighted by molar-refractivity contribution is 0.262. The summed E-state index contributed by atoms with van der Waals surface area (Å²) in [6.07, 6.45) is 1.59. The van der Waals surface area contributed by atoms with Crippen LogP contribution in [0, 0.1) is 0 Å². The number of rotatable bonds is 5. The lowest BCUT2D eigenvalue weighted by Crippen LogP contribution is -2.20. The van der Waals surface area contributed by atoms with E-state index in [9.17, 15) is 4.79 Å². The molecule has 1 aromatic carbocycles. The maximum absolute atomic E-state index is 12.0. The van der Waals surface area contributed by atoms with Crippen molar-refractivity contribution >= 4 is 17.5 Å². The zero-order valence-electron chi connectivity index (χ0n) is 12.5. The molecule has 2 rings (SSSR count). The molecule has 0 saturated heterocycles. The van der Waals surface area contributed by atoms with Crippen molar-refractivity contribution in [2.75, 3.05) is 32.0 Å². The molecule has 2 aromatic rings. The van der Waals surface area contributed by atoms with E-state index in [1.165, 1.54) is 21.3 Å². The third-order valence-electron chi connectivity index (χ3n) is 2.83. The van der Waals surface area contributed by atoms with Gasteiger partial charge in [-0.25, -0.2) is 9.78 Å². The first-order chi connectivity index (χ1) is 10.7. The molecule has 0 radical (unpaired) electrons. The number of carbonyl (C=O) groups excluding carboxylic acids is 1. The van der Waals surface area contributed by atoms with Crippen molar-refractivity contribution in [3.05, 3.63) is 36.5 Å². The summed E-state index contributed by atoms with van der Waals surface area (Å²) in [5.41, 5.74) is 0.503. The molecule has 22 heavy (non-hydrogen) atoms. The van der Waals surface area contributed by atoms with Crippen molar-refractivity contribution in [3.8, 4) is 17.2 Å².